The van der Waals surface area contributed by atoms with E-state index in [2.05, 4.69) is 22.3 Å². The second kappa shape index (κ2) is 9.82. The number of halogens is 4. The first-order chi connectivity index (χ1) is 13.2. The number of rotatable bonds is 4. The highest BCUT2D eigenvalue weighted by molar-refractivity contribution is 14.0. The molecule has 164 valence electrons. The van der Waals surface area contributed by atoms with Crippen LogP contribution in [0.4, 0.5) is 18.9 Å². The van der Waals surface area contributed by atoms with Gasteiger partial charge in [0.25, 0.3) is 0 Å². The van der Waals surface area contributed by atoms with E-state index in [0.29, 0.717) is 30.2 Å². The highest BCUT2D eigenvalue weighted by Crippen LogP contribution is 2.31. The van der Waals surface area contributed by atoms with Gasteiger partial charge in [-0.3, -0.25) is 4.99 Å². The number of benzene rings is 1. The summed E-state index contributed by atoms with van der Waals surface area (Å²) in [4.78, 5) is 6.82. The number of nitrogens with zero attached hydrogens (tertiary/aromatic N) is 3. The lowest BCUT2D eigenvalue weighted by molar-refractivity contribution is -0.0496. The van der Waals surface area contributed by atoms with Crippen LogP contribution < -0.4 is 10.2 Å². The number of hydrogen-bond donors (Lipinski definition) is 1. The Kier molecular flexibility index (Phi) is 8.19. The average Bonchev–Trinajstić information content (AvgIpc) is 3.08. The van der Waals surface area contributed by atoms with Gasteiger partial charge in [-0.05, 0) is 43.7 Å². The predicted molar refractivity (Wildman–Crippen MR) is 118 cm³/mol. The fraction of sp³-hybridized carbons (Fsp3) is 0.611. The first-order valence-corrected chi connectivity index (χ1v) is 10.9. The van der Waals surface area contributed by atoms with E-state index in [4.69, 9.17) is 4.99 Å². The van der Waals surface area contributed by atoms with Crippen LogP contribution in [0.2, 0.25) is 0 Å². The van der Waals surface area contributed by atoms with E-state index in [1.807, 2.05) is 19.1 Å². The Morgan fingerprint density at radius 2 is 1.86 bits per heavy atom. The minimum atomic E-state index is -5.24. The number of alkyl halides is 3. The monoisotopic (exact) mass is 546 g/mol. The predicted octanol–water partition coefficient (Wildman–Crippen LogP) is 3.19. The van der Waals surface area contributed by atoms with E-state index >= 15 is 0 Å². The summed E-state index contributed by atoms with van der Waals surface area (Å²) in [6.07, 6.45) is 1.68. The van der Waals surface area contributed by atoms with Crippen molar-refractivity contribution in [2.45, 2.75) is 31.7 Å². The molecule has 0 amide bonds. The van der Waals surface area contributed by atoms with Gasteiger partial charge in [-0.2, -0.15) is 17.5 Å². The van der Waals surface area contributed by atoms with Crippen LogP contribution in [0.3, 0.4) is 0 Å². The lowest BCUT2D eigenvalue weighted by atomic mass is 9.98. The van der Waals surface area contributed by atoms with Crippen LogP contribution >= 0.6 is 24.0 Å². The van der Waals surface area contributed by atoms with Crippen LogP contribution in [-0.4, -0.2) is 56.9 Å². The van der Waals surface area contributed by atoms with Crippen molar-refractivity contribution < 1.29 is 21.6 Å². The Morgan fingerprint density at radius 1 is 1.21 bits per heavy atom. The molecule has 2 heterocycles. The summed E-state index contributed by atoms with van der Waals surface area (Å²) in [5, 5.41) is 3.28. The fourth-order valence-electron chi connectivity index (χ4n) is 3.65. The normalized spacial score (nSPS) is 19.0. The van der Waals surface area contributed by atoms with Crippen molar-refractivity contribution in [1.29, 1.82) is 0 Å². The first kappa shape index (κ1) is 24.2. The number of hydrogen-bond acceptors (Lipinski definition) is 3. The molecule has 0 spiro atoms. The Bertz CT molecular complexity index is 825. The summed E-state index contributed by atoms with van der Waals surface area (Å²) in [5.74, 6) is 0.823. The van der Waals surface area contributed by atoms with E-state index < -0.39 is 15.5 Å². The van der Waals surface area contributed by atoms with Crippen LogP contribution in [-0.2, 0) is 16.4 Å². The average molecular weight is 546 g/mol. The third-order valence-electron chi connectivity index (χ3n) is 5.18. The van der Waals surface area contributed by atoms with Gasteiger partial charge in [0.15, 0.2) is 5.96 Å². The molecule has 0 aliphatic carbocycles. The van der Waals surface area contributed by atoms with Crippen molar-refractivity contribution in [3.8, 4) is 0 Å². The van der Waals surface area contributed by atoms with E-state index in [-0.39, 0.29) is 43.0 Å². The van der Waals surface area contributed by atoms with Gasteiger partial charge in [-0.25, -0.2) is 8.42 Å². The highest BCUT2D eigenvalue weighted by atomic mass is 127. The maximum absolute atomic E-state index is 12.7. The molecule has 11 heteroatoms. The summed E-state index contributed by atoms with van der Waals surface area (Å²) >= 11 is 0. The van der Waals surface area contributed by atoms with Crippen molar-refractivity contribution >= 4 is 45.6 Å². The molecule has 1 aromatic rings. The summed E-state index contributed by atoms with van der Waals surface area (Å²) < 4.78 is 61.6. The Morgan fingerprint density at radius 3 is 2.48 bits per heavy atom. The van der Waals surface area contributed by atoms with Crippen molar-refractivity contribution in [1.82, 2.24) is 9.62 Å². The summed E-state index contributed by atoms with van der Waals surface area (Å²) in [7, 11) is -5.23. The van der Waals surface area contributed by atoms with Gasteiger partial charge in [-0.1, -0.05) is 18.2 Å². The van der Waals surface area contributed by atoms with Crippen molar-refractivity contribution in [2.24, 2.45) is 10.9 Å². The molecular weight excluding hydrogens is 520 g/mol. The molecule has 2 aliphatic rings. The Hall–Kier alpha value is -1.08. The zero-order valence-corrected chi connectivity index (χ0v) is 19.3. The minimum absolute atomic E-state index is 0. The molecule has 0 atom stereocenters. The van der Waals surface area contributed by atoms with Crippen LogP contribution in [0.5, 0.6) is 0 Å². The van der Waals surface area contributed by atoms with E-state index in [9.17, 15) is 21.6 Å². The molecule has 1 fully saturated rings. The number of sulfonamides is 1. The molecule has 1 aromatic carbocycles. The number of fused-ring (bicyclic) bond motifs is 1. The molecular formula is C18H26F3IN4O2S. The standard InChI is InChI=1S/C18H25F3N4O2S.HI/c1-2-22-17(25-12-9-15-5-3-4-6-16(15)25)23-13-14-7-10-24(11-8-14)28(26,27)18(19,20)21;/h3-6,14H,2,7-13H2,1H3,(H,22,23);1H. The summed E-state index contributed by atoms with van der Waals surface area (Å²) in [5.41, 5.74) is -2.86. The number of aliphatic imine (C=N–C) groups is 1. The van der Waals surface area contributed by atoms with Crippen LogP contribution in [0.15, 0.2) is 29.3 Å². The molecule has 2 aliphatic heterocycles. The Balaban J connectivity index is 0.00000300. The van der Waals surface area contributed by atoms with Gasteiger partial charge in [-0.15, -0.1) is 24.0 Å². The fourth-order valence-corrected chi connectivity index (χ4v) is 4.63. The zero-order valence-electron chi connectivity index (χ0n) is 16.2. The minimum Gasteiger partial charge on any atom is -0.356 e. The largest absolute Gasteiger partial charge is 0.511 e. The van der Waals surface area contributed by atoms with Gasteiger partial charge in [0.1, 0.15) is 0 Å². The van der Waals surface area contributed by atoms with Crippen molar-refractivity contribution in [3.05, 3.63) is 29.8 Å². The van der Waals surface area contributed by atoms with Gasteiger partial charge < -0.3 is 10.2 Å². The van der Waals surface area contributed by atoms with E-state index in [1.165, 1.54) is 5.56 Å². The number of guanidine groups is 1. The number of para-hydroxylation sites is 1. The van der Waals surface area contributed by atoms with Crippen molar-refractivity contribution in [3.63, 3.8) is 0 Å². The topological polar surface area (TPSA) is 65.0 Å². The lowest BCUT2D eigenvalue weighted by Gasteiger charge is -2.31. The highest BCUT2D eigenvalue weighted by Gasteiger charge is 2.50. The second-order valence-electron chi connectivity index (χ2n) is 7.02. The third-order valence-corrected chi connectivity index (χ3v) is 6.81. The van der Waals surface area contributed by atoms with Gasteiger partial charge in [0.2, 0.25) is 0 Å². The first-order valence-electron chi connectivity index (χ1n) is 9.44. The molecule has 0 bridgehead atoms. The summed E-state index contributed by atoms with van der Waals surface area (Å²) in [6.45, 7) is 3.74. The number of anilines is 1. The molecule has 1 saturated heterocycles. The van der Waals surface area contributed by atoms with Crippen LogP contribution in [0.25, 0.3) is 0 Å². The quantitative estimate of drug-likeness (QED) is 0.358. The molecule has 0 unspecified atom stereocenters. The third kappa shape index (κ3) is 5.35. The lowest BCUT2D eigenvalue weighted by Crippen LogP contribution is -2.45. The molecule has 1 N–H and O–H groups in total. The zero-order chi connectivity index (χ0) is 20.4. The SMILES string of the molecule is CCNC(=NCC1CCN(S(=O)(=O)C(F)(F)F)CC1)N1CCc2ccccc21.I. The van der Waals surface area contributed by atoms with Crippen LogP contribution in [0, 0.1) is 5.92 Å². The van der Waals surface area contributed by atoms with Gasteiger partial charge in [0, 0.05) is 38.4 Å². The molecule has 0 aromatic heterocycles. The van der Waals surface area contributed by atoms with Gasteiger partial charge >= 0.3 is 15.5 Å². The molecule has 29 heavy (non-hydrogen) atoms. The van der Waals surface area contributed by atoms with Crippen LogP contribution in [0.1, 0.15) is 25.3 Å². The summed E-state index contributed by atoms with van der Waals surface area (Å²) in [6, 6.07) is 8.14. The number of piperidine rings is 1. The van der Waals surface area contributed by atoms with E-state index in [1.54, 1.807) is 0 Å². The smallest absolute Gasteiger partial charge is 0.356 e. The van der Waals surface area contributed by atoms with Gasteiger partial charge in [0.05, 0.1) is 0 Å². The maximum Gasteiger partial charge on any atom is 0.511 e. The molecule has 0 saturated carbocycles. The molecule has 3 rings (SSSR count). The number of nitrogens with one attached hydrogen (secondary N) is 1. The molecule has 0 radical (unpaired) electrons. The maximum atomic E-state index is 12.7. The van der Waals surface area contributed by atoms with E-state index in [0.717, 1.165) is 24.6 Å². The van der Waals surface area contributed by atoms with Crippen molar-refractivity contribution in [2.75, 3.05) is 37.6 Å². The Labute approximate surface area is 186 Å². The second-order valence-corrected chi connectivity index (χ2v) is 8.95. The molecule has 6 nitrogen and oxygen atoms in total.